The van der Waals surface area contributed by atoms with Gasteiger partial charge in [-0.1, -0.05) is 34.1 Å². The van der Waals surface area contributed by atoms with Crippen LogP contribution < -0.4 is 14.8 Å². The molecule has 1 heterocycles. The van der Waals surface area contributed by atoms with Gasteiger partial charge in [0.05, 0.1) is 19.3 Å². The fraction of sp³-hybridized carbons (Fsp3) is 0.350. The number of aryl methyl sites for hydroxylation is 1. The molecular formula is C20H22BrNO3. The van der Waals surface area contributed by atoms with Crippen LogP contribution in [0, 0.1) is 0 Å². The number of benzene rings is 2. The van der Waals surface area contributed by atoms with Crippen LogP contribution in [0.5, 0.6) is 11.5 Å². The Balaban J connectivity index is 1.62. The summed E-state index contributed by atoms with van der Waals surface area (Å²) in [6.45, 7) is 3.20. The largest absolute Gasteiger partial charge is 0.494 e. The Morgan fingerprint density at radius 3 is 3.00 bits per heavy atom. The van der Waals surface area contributed by atoms with Crippen LogP contribution in [0.25, 0.3) is 0 Å². The van der Waals surface area contributed by atoms with Crippen LogP contribution in [0.15, 0.2) is 46.9 Å². The van der Waals surface area contributed by atoms with E-state index < -0.39 is 0 Å². The molecule has 1 unspecified atom stereocenters. The van der Waals surface area contributed by atoms with Crippen LogP contribution in [-0.2, 0) is 11.2 Å². The van der Waals surface area contributed by atoms with E-state index in [4.69, 9.17) is 9.47 Å². The van der Waals surface area contributed by atoms with Gasteiger partial charge >= 0.3 is 0 Å². The first kappa shape index (κ1) is 17.8. The first-order valence-corrected chi connectivity index (χ1v) is 9.39. The van der Waals surface area contributed by atoms with Gasteiger partial charge in [-0.3, -0.25) is 4.79 Å². The summed E-state index contributed by atoms with van der Waals surface area (Å²) < 4.78 is 12.3. The molecule has 132 valence electrons. The number of halogens is 1. The summed E-state index contributed by atoms with van der Waals surface area (Å²) in [5, 5.41) is 3.14. The second-order valence-electron chi connectivity index (χ2n) is 5.98. The molecule has 0 aliphatic carbocycles. The Bertz CT molecular complexity index is 747. The van der Waals surface area contributed by atoms with Crippen molar-refractivity contribution in [2.45, 2.75) is 32.2 Å². The number of amides is 1. The molecule has 3 rings (SSSR count). The average Bonchev–Trinajstić information content (AvgIpc) is 2.62. The third kappa shape index (κ3) is 4.54. The minimum atomic E-state index is -0.00381. The fourth-order valence-corrected chi connectivity index (χ4v) is 3.42. The fourth-order valence-electron chi connectivity index (χ4n) is 3.04. The van der Waals surface area contributed by atoms with Crippen LogP contribution in [0.4, 0.5) is 0 Å². The number of hydrogen-bond acceptors (Lipinski definition) is 3. The van der Waals surface area contributed by atoms with Gasteiger partial charge in [0, 0.05) is 22.9 Å². The maximum atomic E-state index is 12.4. The van der Waals surface area contributed by atoms with Gasteiger partial charge < -0.3 is 14.8 Å². The van der Waals surface area contributed by atoms with Gasteiger partial charge in [-0.25, -0.2) is 0 Å². The lowest BCUT2D eigenvalue weighted by atomic mass is 10.00. The van der Waals surface area contributed by atoms with Crippen LogP contribution in [0.1, 0.15) is 36.9 Å². The summed E-state index contributed by atoms with van der Waals surface area (Å²) in [7, 11) is 0. The van der Waals surface area contributed by atoms with Crippen LogP contribution >= 0.6 is 15.9 Å². The Kier molecular flexibility index (Phi) is 5.97. The molecule has 2 aromatic carbocycles. The molecule has 1 amide bonds. The number of rotatable bonds is 6. The second kappa shape index (κ2) is 8.39. The SMILES string of the molecule is CCOc1ccccc1CCC(=O)NC1CCOc2ccc(Br)cc21. The molecule has 1 atom stereocenters. The molecule has 0 fully saturated rings. The summed E-state index contributed by atoms with van der Waals surface area (Å²) in [6.07, 6.45) is 1.88. The lowest BCUT2D eigenvalue weighted by Gasteiger charge is -2.27. The van der Waals surface area contributed by atoms with Gasteiger partial charge in [-0.2, -0.15) is 0 Å². The zero-order chi connectivity index (χ0) is 17.6. The smallest absolute Gasteiger partial charge is 0.220 e. The van der Waals surface area contributed by atoms with Crippen LogP contribution in [-0.4, -0.2) is 19.1 Å². The zero-order valence-electron chi connectivity index (χ0n) is 14.3. The quantitative estimate of drug-likeness (QED) is 0.776. The van der Waals surface area contributed by atoms with E-state index in [-0.39, 0.29) is 11.9 Å². The molecule has 2 aromatic rings. The second-order valence-corrected chi connectivity index (χ2v) is 6.90. The minimum Gasteiger partial charge on any atom is -0.494 e. The van der Waals surface area contributed by atoms with Gasteiger partial charge in [0.25, 0.3) is 0 Å². The summed E-state index contributed by atoms with van der Waals surface area (Å²) in [5.41, 5.74) is 2.10. The van der Waals surface area contributed by atoms with Crippen molar-refractivity contribution in [2.24, 2.45) is 0 Å². The molecule has 0 saturated heterocycles. The predicted molar refractivity (Wildman–Crippen MR) is 101 cm³/mol. The third-order valence-electron chi connectivity index (χ3n) is 4.24. The molecule has 0 bridgehead atoms. The van der Waals surface area contributed by atoms with Crippen molar-refractivity contribution in [2.75, 3.05) is 13.2 Å². The van der Waals surface area contributed by atoms with E-state index in [1.807, 2.05) is 49.4 Å². The number of carbonyl (C=O) groups is 1. The van der Waals surface area contributed by atoms with Gasteiger partial charge in [0.2, 0.25) is 5.91 Å². The van der Waals surface area contributed by atoms with Crippen molar-refractivity contribution in [3.05, 3.63) is 58.1 Å². The number of carbonyl (C=O) groups excluding carboxylic acids is 1. The summed E-state index contributed by atoms with van der Waals surface area (Å²) in [5.74, 6) is 1.75. The lowest BCUT2D eigenvalue weighted by Crippen LogP contribution is -2.32. The summed E-state index contributed by atoms with van der Waals surface area (Å²) in [4.78, 5) is 12.4. The van der Waals surface area contributed by atoms with Crippen molar-refractivity contribution in [3.8, 4) is 11.5 Å². The zero-order valence-corrected chi connectivity index (χ0v) is 15.8. The van der Waals surface area contributed by atoms with E-state index in [0.29, 0.717) is 26.1 Å². The van der Waals surface area contributed by atoms with E-state index in [0.717, 1.165) is 33.5 Å². The average molecular weight is 404 g/mol. The van der Waals surface area contributed by atoms with Crippen molar-refractivity contribution in [3.63, 3.8) is 0 Å². The number of fused-ring (bicyclic) bond motifs is 1. The third-order valence-corrected chi connectivity index (χ3v) is 4.73. The molecule has 1 N–H and O–H groups in total. The van der Waals surface area contributed by atoms with Gasteiger partial charge in [-0.05, 0) is 43.2 Å². The van der Waals surface area contributed by atoms with Crippen LogP contribution in [0.2, 0.25) is 0 Å². The molecule has 25 heavy (non-hydrogen) atoms. The van der Waals surface area contributed by atoms with Gasteiger partial charge in [-0.15, -0.1) is 0 Å². The molecular weight excluding hydrogens is 382 g/mol. The molecule has 0 aromatic heterocycles. The van der Waals surface area contributed by atoms with E-state index in [1.165, 1.54) is 0 Å². The maximum Gasteiger partial charge on any atom is 0.220 e. The molecule has 1 aliphatic heterocycles. The first-order chi connectivity index (χ1) is 12.2. The highest BCUT2D eigenvalue weighted by molar-refractivity contribution is 9.10. The first-order valence-electron chi connectivity index (χ1n) is 8.59. The van der Waals surface area contributed by atoms with Crippen molar-refractivity contribution in [1.82, 2.24) is 5.32 Å². The molecule has 1 aliphatic rings. The molecule has 0 radical (unpaired) electrons. The highest BCUT2D eigenvalue weighted by atomic mass is 79.9. The molecule has 4 nitrogen and oxygen atoms in total. The summed E-state index contributed by atoms with van der Waals surface area (Å²) in [6, 6.07) is 13.8. The monoisotopic (exact) mass is 403 g/mol. The Hall–Kier alpha value is -2.01. The Labute approximate surface area is 156 Å². The Morgan fingerprint density at radius 2 is 2.16 bits per heavy atom. The normalized spacial score (nSPS) is 15.8. The maximum absolute atomic E-state index is 12.4. The Morgan fingerprint density at radius 1 is 1.32 bits per heavy atom. The molecule has 5 heteroatoms. The summed E-state index contributed by atoms with van der Waals surface area (Å²) >= 11 is 3.49. The minimum absolute atomic E-state index is 0.00381. The van der Waals surface area contributed by atoms with Gasteiger partial charge in [0.15, 0.2) is 0 Å². The van der Waals surface area contributed by atoms with E-state index in [1.54, 1.807) is 0 Å². The lowest BCUT2D eigenvalue weighted by molar-refractivity contribution is -0.122. The molecule has 0 spiro atoms. The van der Waals surface area contributed by atoms with E-state index in [9.17, 15) is 4.79 Å². The standard InChI is InChI=1S/C20H22BrNO3/c1-2-24-18-6-4-3-5-14(18)7-10-20(23)22-17-11-12-25-19-9-8-15(21)13-16(17)19/h3-6,8-9,13,17H,2,7,10-12H2,1H3,(H,22,23). The predicted octanol–water partition coefficient (Wildman–Crippen LogP) is 4.42. The van der Waals surface area contributed by atoms with E-state index in [2.05, 4.69) is 21.2 Å². The van der Waals surface area contributed by atoms with Gasteiger partial charge in [0.1, 0.15) is 11.5 Å². The molecule has 0 saturated carbocycles. The number of para-hydroxylation sites is 1. The van der Waals surface area contributed by atoms with Crippen molar-refractivity contribution >= 4 is 21.8 Å². The number of hydrogen-bond donors (Lipinski definition) is 1. The van der Waals surface area contributed by atoms with Crippen molar-refractivity contribution < 1.29 is 14.3 Å². The highest BCUT2D eigenvalue weighted by Crippen LogP contribution is 2.34. The number of ether oxygens (including phenoxy) is 2. The highest BCUT2D eigenvalue weighted by Gasteiger charge is 2.23. The van der Waals surface area contributed by atoms with Crippen LogP contribution in [0.3, 0.4) is 0 Å². The number of nitrogens with one attached hydrogen (secondary N) is 1. The topological polar surface area (TPSA) is 47.6 Å². The van der Waals surface area contributed by atoms with E-state index >= 15 is 0 Å². The van der Waals surface area contributed by atoms with Crippen molar-refractivity contribution in [1.29, 1.82) is 0 Å².